The molecule has 0 unspecified atom stereocenters. The molecule has 0 spiro atoms. The normalized spacial score (nSPS) is 10.2. The maximum absolute atomic E-state index is 12.0. The highest BCUT2D eigenvalue weighted by atomic mass is 16.5. The molecule has 1 heterocycles. The van der Waals surface area contributed by atoms with Crippen LogP contribution in [0.25, 0.3) is 0 Å². The molecule has 21 heavy (non-hydrogen) atoms. The zero-order valence-electron chi connectivity index (χ0n) is 11.7. The number of ether oxygens (including phenoxy) is 2. The fourth-order valence-corrected chi connectivity index (χ4v) is 1.71. The minimum atomic E-state index is -0.442. The Balaban J connectivity index is 2.04. The van der Waals surface area contributed by atoms with Crippen molar-refractivity contribution in [3.05, 3.63) is 47.8 Å². The third-order valence-electron chi connectivity index (χ3n) is 2.72. The Labute approximate surface area is 121 Å². The van der Waals surface area contributed by atoms with E-state index >= 15 is 0 Å². The summed E-state index contributed by atoms with van der Waals surface area (Å²) in [5.74, 6) is -0.730. The fraction of sp³-hybridized carbons (Fsp3) is 0.214. The van der Waals surface area contributed by atoms with E-state index in [2.05, 4.69) is 15.2 Å². The average molecular weight is 289 g/mol. The molecule has 0 aliphatic rings. The molecule has 0 radical (unpaired) electrons. The summed E-state index contributed by atoms with van der Waals surface area (Å²) in [5.41, 5.74) is 1.39. The number of nitrogens with zero attached hydrogens (tertiary/aromatic N) is 2. The van der Waals surface area contributed by atoms with Gasteiger partial charge in [-0.15, -0.1) is 0 Å². The van der Waals surface area contributed by atoms with Crippen LogP contribution in [-0.2, 0) is 16.2 Å². The molecule has 110 valence electrons. The lowest BCUT2D eigenvalue weighted by molar-refractivity contribution is 0.0600. The van der Waals surface area contributed by atoms with E-state index < -0.39 is 5.97 Å². The molecule has 1 aromatic carbocycles. The first-order valence-corrected chi connectivity index (χ1v) is 6.15. The second-order valence-electron chi connectivity index (χ2n) is 4.21. The number of hydrogen-bond donors (Lipinski definition) is 1. The number of nitrogens with one attached hydrogen (secondary N) is 1. The van der Waals surface area contributed by atoms with Gasteiger partial charge in [0.05, 0.1) is 30.8 Å². The molecule has 2 rings (SSSR count). The van der Waals surface area contributed by atoms with Crippen molar-refractivity contribution < 1.29 is 19.1 Å². The minimum absolute atomic E-state index is 0.289. The summed E-state index contributed by atoms with van der Waals surface area (Å²) >= 11 is 0. The van der Waals surface area contributed by atoms with E-state index in [0.717, 1.165) is 0 Å². The van der Waals surface area contributed by atoms with Gasteiger partial charge in [0, 0.05) is 12.7 Å². The number of hydrogen-bond acceptors (Lipinski definition) is 5. The highest BCUT2D eigenvalue weighted by Crippen LogP contribution is 2.10. The second-order valence-corrected chi connectivity index (χ2v) is 4.21. The summed E-state index contributed by atoms with van der Waals surface area (Å²) in [6.07, 6.45) is 3.18. The van der Waals surface area contributed by atoms with Crippen molar-refractivity contribution in [2.75, 3.05) is 19.5 Å². The molecule has 7 nitrogen and oxygen atoms in total. The van der Waals surface area contributed by atoms with Crippen LogP contribution in [0.2, 0.25) is 0 Å². The number of aromatic nitrogens is 2. The maximum Gasteiger partial charge on any atom is 0.337 e. The van der Waals surface area contributed by atoms with Crippen LogP contribution in [0.1, 0.15) is 20.7 Å². The standard InChI is InChI=1S/C14H15N3O4/c1-20-9-17-8-12(7-15-17)16-13(18)10-3-5-11(6-4-10)14(19)21-2/h3-8H,9H2,1-2H3,(H,16,18). The molecule has 0 saturated carbocycles. The summed E-state index contributed by atoms with van der Waals surface area (Å²) < 4.78 is 11.1. The van der Waals surface area contributed by atoms with Crippen LogP contribution in [0, 0.1) is 0 Å². The molecule has 0 bridgehead atoms. The van der Waals surface area contributed by atoms with Gasteiger partial charge in [-0.1, -0.05) is 0 Å². The zero-order chi connectivity index (χ0) is 15.2. The Morgan fingerprint density at radius 3 is 2.48 bits per heavy atom. The van der Waals surface area contributed by atoms with E-state index in [0.29, 0.717) is 23.5 Å². The average Bonchev–Trinajstić information content (AvgIpc) is 2.94. The van der Waals surface area contributed by atoms with E-state index in [9.17, 15) is 9.59 Å². The van der Waals surface area contributed by atoms with Crippen LogP contribution < -0.4 is 5.32 Å². The van der Waals surface area contributed by atoms with Gasteiger partial charge in [0.25, 0.3) is 5.91 Å². The van der Waals surface area contributed by atoms with Crippen molar-refractivity contribution in [3.8, 4) is 0 Å². The van der Waals surface area contributed by atoms with Crippen molar-refractivity contribution in [2.24, 2.45) is 0 Å². The third-order valence-corrected chi connectivity index (χ3v) is 2.72. The lowest BCUT2D eigenvalue weighted by Crippen LogP contribution is -2.12. The van der Waals surface area contributed by atoms with Crippen molar-refractivity contribution in [1.29, 1.82) is 0 Å². The molecule has 0 fully saturated rings. The van der Waals surface area contributed by atoms with Crippen LogP contribution in [0.3, 0.4) is 0 Å². The van der Waals surface area contributed by atoms with Crippen LogP contribution in [0.15, 0.2) is 36.7 Å². The fourth-order valence-electron chi connectivity index (χ4n) is 1.71. The number of anilines is 1. The summed E-state index contributed by atoms with van der Waals surface area (Å²) in [5, 5.41) is 6.72. The molecular formula is C14H15N3O4. The Morgan fingerprint density at radius 1 is 1.19 bits per heavy atom. The van der Waals surface area contributed by atoms with Gasteiger partial charge in [-0.3, -0.25) is 4.79 Å². The number of benzene rings is 1. The van der Waals surface area contributed by atoms with E-state index in [1.807, 2.05) is 0 Å². The quantitative estimate of drug-likeness (QED) is 0.844. The Bertz CT molecular complexity index is 634. The van der Waals surface area contributed by atoms with E-state index in [4.69, 9.17) is 4.74 Å². The largest absolute Gasteiger partial charge is 0.465 e. The molecule has 1 aromatic heterocycles. The molecule has 2 aromatic rings. The van der Waals surface area contributed by atoms with Crippen LogP contribution in [0.4, 0.5) is 5.69 Å². The minimum Gasteiger partial charge on any atom is -0.465 e. The molecule has 0 aliphatic heterocycles. The first-order valence-electron chi connectivity index (χ1n) is 6.15. The van der Waals surface area contributed by atoms with Crippen LogP contribution in [0.5, 0.6) is 0 Å². The smallest absolute Gasteiger partial charge is 0.337 e. The van der Waals surface area contributed by atoms with Crippen molar-refractivity contribution in [2.45, 2.75) is 6.73 Å². The topological polar surface area (TPSA) is 82.5 Å². The van der Waals surface area contributed by atoms with Gasteiger partial charge in [-0.25, -0.2) is 9.48 Å². The Kier molecular flexibility index (Phi) is 4.68. The first-order chi connectivity index (χ1) is 10.1. The van der Waals surface area contributed by atoms with Gasteiger partial charge in [0.1, 0.15) is 6.73 Å². The molecule has 0 saturated heterocycles. The maximum atomic E-state index is 12.0. The van der Waals surface area contributed by atoms with Crippen molar-refractivity contribution in [1.82, 2.24) is 9.78 Å². The van der Waals surface area contributed by atoms with Crippen molar-refractivity contribution in [3.63, 3.8) is 0 Å². The molecule has 0 atom stereocenters. The zero-order valence-corrected chi connectivity index (χ0v) is 11.7. The van der Waals surface area contributed by atoms with Gasteiger partial charge in [0.2, 0.25) is 0 Å². The summed E-state index contributed by atoms with van der Waals surface area (Å²) in [7, 11) is 2.86. The molecule has 7 heteroatoms. The van der Waals surface area contributed by atoms with Gasteiger partial charge in [0.15, 0.2) is 0 Å². The molecule has 0 aliphatic carbocycles. The Morgan fingerprint density at radius 2 is 1.86 bits per heavy atom. The van der Waals surface area contributed by atoms with Crippen LogP contribution >= 0.6 is 0 Å². The lowest BCUT2D eigenvalue weighted by Gasteiger charge is -2.04. The lowest BCUT2D eigenvalue weighted by atomic mass is 10.1. The van der Waals surface area contributed by atoms with E-state index in [1.54, 1.807) is 30.1 Å². The monoisotopic (exact) mass is 289 g/mol. The first kappa shape index (κ1) is 14.7. The van der Waals surface area contributed by atoms with Gasteiger partial charge in [-0.2, -0.15) is 5.10 Å². The predicted molar refractivity (Wildman–Crippen MR) is 75.0 cm³/mol. The van der Waals surface area contributed by atoms with Gasteiger partial charge >= 0.3 is 5.97 Å². The highest BCUT2D eigenvalue weighted by Gasteiger charge is 2.10. The number of methoxy groups -OCH3 is 2. The van der Waals surface area contributed by atoms with E-state index in [-0.39, 0.29) is 5.91 Å². The molecule has 1 amide bonds. The van der Waals surface area contributed by atoms with E-state index in [1.165, 1.54) is 25.4 Å². The number of carbonyl (C=O) groups excluding carboxylic acids is 2. The number of rotatable bonds is 5. The highest BCUT2D eigenvalue weighted by molar-refractivity contribution is 6.04. The number of amides is 1. The number of esters is 1. The predicted octanol–water partition coefficient (Wildman–Crippen LogP) is 1.53. The Hall–Kier alpha value is -2.67. The summed E-state index contributed by atoms with van der Waals surface area (Å²) in [4.78, 5) is 23.3. The molecular weight excluding hydrogens is 274 g/mol. The SMILES string of the molecule is COCn1cc(NC(=O)c2ccc(C(=O)OC)cc2)cn1. The van der Waals surface area contributed by atoms with Crippen LogP contribution in [-0.4, -0.2) is 35.9 Å². The number of carbonyl (C=O) groups is 2. The molecule has 1 N–H and O–H groups in total. The third kappa shape index (κ3) is 3.67. The van der Waals surface area contributed by atoms with Gasteiger partial charge < -0.3 is 14.8 Å². The summed E-state index contributed by atoms with van der Waals surface area (Å²) in [6, 6.07) is 6.19. The summed E-state index contributed by atoms with van der Waals surface area (Å²) in [6.45, 7) is 0.309. The van der Waals surface area contributed by atoms with Gasteiger partial charge in [-0.05, 0) is 24.3 Å². The van der Waals surface area contributed by atoms with Crippen molar-refractivity contribution >= 4 is 17.6 Å². The second kappa shape index (κ2) is 6.67.